The lowest BCUT2D eigenvalue weighted by Crippen LogP contribution is -2.55. The van der Waals surface area contributed by atoms with Gasteiger partial charge in [0.1, 0.15) is 5.75 Å². The number of benzene rings is 2. The number of fused-ring (bicyclic) bond motifs is 1. The van der Waals surface area contributed by atoms with E-state index < -0.39 is 16.1 Å². The summed E-state index contributed by atoms with van der Waals surface area (Å²) >= 11 is 0. The number of hydrogen-bond acceptors (Lipinski definition) is 5. The molecule has 0 N–H and O–H groups in total. The number of hydrogen-bond donors (Lipinski definition) is 0. The summed E-state index contributed by atoms with van der Waals surface area (Å²) in [6.45, 7) is 6.99. The van der Waals surface area contributed by atoms with Crippen molar-refractivity contribution in [2.24, 2.45) is 0 Å². The van der Waals surface area contributed by atoms with E-state index in [0.717, 1.165) is 25.1 Å². The number of ether oxygens (including phenoxy) is 1. The zero-order chi connectivity index (χ0) is 22.9. The number of rotatable bonds is 5. The summed E-state index contributed by atoms with van der Waals surface area (Å²) in [6.07, 6.45) is 0.112. The van der Waals surface area contributed by atoms with Crippen LogP contribution in [0.4, 0.5) is 5.69 Å². The van der Waals surface area contributed by atoms with Gasteiger partial charge in [-0.25, -0.2) is 8.42 Å². The number of sulfonamides is 1. The Hall–Kier alpha value is -2.58. The molecule has 8 heteroatoms. The second-order valence-electron chi connectivity index (χ2n) is 8.62. The summed E-state index contributed by atoms with van der Waals surface area (Å²) in [5.74, 6) is 0.604. The van der Waals surface area contributed by atoms with E-state index >= 15 is 0 Å². The Bertz CT molecular complexity index is 1060. The predicted molar refractivity (Wildman–Crippen MR) is 125 cm³/mol. The molecule has 2 aliphatic heterocycles. The minimum Gasteiger partial charge on any atom is -0.476 e. The lowest BCUT2D eigenvalue weighted by molar-refractivity contribution is -0.140. The summed E-state index contributed by atoms with van der Waals surface area (Å²) in [7, 11) is -1.83. The third-order valence-electron chi connectivity index (χ3n) is 6.47. The van der Waals surface area contributed by atoms with Gasteiger partial charge in [0.2, 0.25) is 0 Å². The smallest absolute Gasteiger partial charge is 0.265 e. The van der Waals surface area contributed by atoms with Crippen molar-refractivity contribution in [2.45, 2.75) is 37.2 Å². The van der Waals surface area contributed by atoms with Crippen LogP contribution in [0.3, 0.4) is 0 Å². The van der Waals surface area contributed by atoms with Gasteiger partial charge in [0.05, 0.1) is 17.1 Å². The maximum atomic E-state index is 13.6. The average Bonchev–Trinajstić information content (AvgIpc) is 2.83. The second kappa shape index (κ2) is 9.11. The number of likely N-dealkylation sites (N-methyl/N-ethyl adjacent to an activating group) is 1. The highest BCUT2D eigenvalue weighted by atomic mass is 32.2. The van der Waals surface area contributed by atoms with Gasteiger partial charge in [-0.1, -0.05) is 38.1 Å². The van der Waals surface area contributed by atoms with Crippen LogP contribution in [-0.4, -0.2) is 70.0 Å². The van der Waals surface area contributed by atoms with Gasteiger partial charge in [0.25, 0.3) is 15.9 Å². The normalized spacial score (nSPS) is 20.4. The third-order valence-corrected chi connectivity index (χ3v) is 8.27. The minimum atomic E-state index is -3.86. The molecule has 2 heterocycles. The first-order valence-electron chi connectivity index (χ1n) is 11.2. The number of piperazine rings is 1. The fraction of sp³-hybridized carbons (Fsp3) is 0.458. The Morgan fingerprint density at radius 3 is 2.38 bits per heavy atom. The molecule has 0 spiro atoms. The van der Waals surface area contributed by atoms with Crippen molar-refractivity contribution in [3.8, 4) is 5.75 Å². The largest absolute Gasteiger partial charge is 0.476 e. The molecular formula is C24H31N3O4S. The Morgan fingerprint density at radius 1 is 1.06 bits per heavy atom. The number of para-hydroxylation sites is 2. The Balaban J connectivity index is 1.63. The minimum absolute atomic E-state index is 0.0440. The molecule has 7 nitrogen and oxygen atoms in total. The number of carbonyl (C=O) groups excluding carboxylic acids is 1. The molecule has 0 saturated carbocycles. The standard InChI is InChI=1S/C24H31N3O4S/c1-4-18(2)19-9-11-20(12-10-19)32(29,30)27-17-23(31-22-8-6-5-7-21(22)27)24(28)26-15-13-25(3)14-16-26/h5-12,18,23H,4,13-17H2,1-3H3/t18-,23+/m0/s1. The molecule has 32 heavy (non-hydrogen) atoms. The molecule has 4 rings (SSSR count). The molecule has 0 unspecified atom stereocenters. The van der Waals surface area contributed by atoms with Crippen molar-refractivity contribution in [2.75, 3.05) is 44.1 Å². The van der Waals surface area contributed by atoms with Crippen molar-refractivity contribution < 1.29 is 17.9 Å². The molecule has 0 bridgehead atoms. The molecule has 0 aromatic heterocycles. The zero-order valence-electron chi connectivity index (χ0n) is 18.9. The van der Waals surface area contributed by atoms with E-state index in [2.05, 4.69) is 18.7 Å². The molecule has 1 fully saturated rings. The van der Waals surface area contributed by atoms with Crippen LogP contribution in [-0.2, 0) is 14.8 Å². The van der Waals surface area contributed by atoms with Crippen LogP contribution in [0.2, 0.25) is 0 Å². The topological polar surface area (TPSA) is 70.2 Å². The summed E-state index contributed by atoms with van der Waals surface area (Å²) < 4.78 is 34.6. The Labute approximate surface area is 190 Å². The molecule has 1 amide bonds. The second-order valence-corrected chi connectivity index (χ2v) is 10.5. The van der Waals surface area contributed by atoms with Crippen molar-refractivity contribution >= 4 is 21.6 Å². The number of carbonyl (C=O) groups is 1. The van der Waals surface area contributed by atoms with E-state index in [4.69, 9.17) is 4.74 Å². The average molecular weight is 458 g/mol. The quantitative estimate of drug-likeness (QED) is 0.691. The Morgan fingerprint density at radius 2 is 1.72 bits per heavy atom. The van der Waals surface area contributed by atoms with Crippen LogP contribution >= 0.6 is 0 Å². The molecule has 2 atom stereocenters. The van der Waals surface area contributed by atoms with Gasteiger partial charge in [-0.3, -0.25) is 9.10 Å². The van der Waals surface area contributed by atoms with Crippen LogP contribution in [0.1, 0.15) is 31.7 Å². The van der Waals surface area contributed by atoms with Crippen LogP contribution < -0.4 is 9.04 Å². The maximum absolute atomic E-state index is 13.6. The lowest BCUT2D eigenvalue weighted by Gasteiger charge is -2.39. The molecule has 172 valence electrons. The highest BCUT2D eigenvalue weighted by Gasteiger charge is 2.39. The van der Waals surface area contributed by atoms with Gasteiger partial charge in [-0.2, -0.15) is 0 Å². The fourth-order valence-corrected chi connectivity index (χ4v) is 5.60. The Kier molecular flexibility index (Phi) is 6.44. The fourth-order valence-electron chi connectivity index (χ4n) is 4.12. The first-order chi connectivity index (χ1) is 15.3. The van der Waals surface area contributed by atoms with Gasteiger partial charge in [0.15, 0.2) is 6.10 Å². The lowest BCUT2D eigenvalue weighted by atomic mass is 9.99. The van der Waals surface area contributed by atoms with E-state index in [0.29, 0.717) is 30.4 Å². The van der Waals surface area contributed by atoms with Crippen LogP contribution in [0.15, 0.2) is 53.4 Å². The molecule has 0 aliphatic carbocycles. The van der Waals surface area contributed by atoms with Crippen molar-refractivity contribution in [3.05, 3.63) is 54.1 Å². The number of amides is 1. The summed E-state index contributed by atoms with van der Waals surface area (Å²) in [4.78, 5) is 17.3. The summed E-state index contributed by atoms with van der Waals surface area (Å²) in [5.41, 5.74) is 1.57. The van der Waals surface area contributed by atoms with E-state index in [9.17, 15) is 13.2 Å². The maximum Gasteiger partial charge on any atom is 0.265 e. The highest BCUT2D eigenvalue weighted by molar-refractivity contribution is 7.92. The third kappa shape index (κ3) is 4.34. The van der Waals surface area contributed by atoms with Gasteiger partial charge >= 0.3 is 0 Å². The van der Waals surface area contributed by atoms with Gasteiger partial charge in [-0.05, 0) is 49.2 Å². The molecule has 2 aromatic carbocycles. The first kappa shape index (κ1) is 22.6. The van der Waals surface area contributed by atoms with Crippen LogP contribution in [0.25, 0.3) is 0 Å². The van der Waals surface area contributed by atoms with Gasteiger partial charge in [-0.15, -0.1) is 0 Å². The summed E-state index contributed by atoms with van der Waals surface area (Å²) in [6, 6.07) is 14.1. The number of anilines is 1. The van der Waals surface area contributed by atoms with Crippen molar-refractivity contribution in [3.63, 3.8) is 0 Å². The van der Waals surface area contributed by atoms with E-state index in [-0.39, 0.29) is 17.3 Å². The van der Waals surface area contributed by atoms with Crippen LogP contribution in [0, 0.1) is 0 Å². The zero-order valence-corrected chi connectivity index (χ0v) is 19.7. The SMILES string of the molecule is CC[C@H](C)c1ccc(S(=O)(=O)N2C[C@H](C(=O)N3CCN(C)CC3)Oc3ccccc32)cc1. The van der Waals surface area contributed by atoms with E-state index in [1.54, 1.807) is 41.3 Å². The first-order valence-corrected chi connectivity index (χ1v) is 12.6. The molecule has 2 aromatic rings. The van der Waals surface area contributed by atoms with E-state index in [1.165, 1.54) is 4.31 Å². The summed E-state index contributed by atoms with van der Waals surface area (Å²) in [5, 5.41) is 0. The highest BCUT2D eigenvalue weighted by Crippen LogP contribution is 2.37. The monoisotopic (exact) mass is 457 g/mol. The predicted octanol–water partition coefficient (Wildman–Crippen LogP) is 2.93. The number of nitrogens with zero attached hydrogens (tertiary/aromatic N) is 3. The van der Waals surface area contributed by atoms with Gasteiger partial charge < -0.3 is 14.5 Å². The van der Waals surface area contributed by atoms with Crippen LogP contribution in [0.5, 0.6) is 5.75 Å². The van der Waals surface area contributed by atoms with E-state index in [1.807, 2.05) is 19.2 Å². The molecule has 0 radical (unpaired) electrons. The van der Waals surface area contributed by atoms with Crippen molar-refractivity contribution in [1.29, 1.82) is 0 Å². The molecule has 1 saturated heterocycles. The van der Waals surface area contributed by atoms with Crippen molar-refractivity contribution in [1.82, 2.24) is 9.80 Å². The van der Waals surface area contributed by atoms with Gasteiger partial charge in [0, 0.05) is 26.2 Å². The molecule has 2 aliphatic rings. The molecular weight excluding hydrogens is 426 g/mol.